The molecule has 4 bridgehead atoms. The molecule has 0 radical (unpaired) electrons. The average Bonchev–Trinajstić information content (AvgIpc) is 1.46. The monoisotopic (exact) mass is 1620 g/mol. The number of aliphatic hydroxyl groups excluding tert-OH is 2. The minimum atomic E-state index is -0.884. The first kappa shape index (κ1) is 88.6. The summed E-state index contributed by atoms with van der Waals surface area (Å²) in [6.07, 6.45) is 27.8. The molecule has 6 aliphatic carbocycles. The minimum Gasteiger partial charge on any atom is -0.508 e. The van der Waals surface area contributed by atoms with Gasteiger partial charge in [0.25, 0.3) is 0 Å². The summed E-state index contributed by atoms with van der Waals surface area (Å²) in [6, 6.07) is 38.4. The first-order chi connectivity index (χ1) is 56.6. The quantitative estimate of drug-likeness (QED) is 0.0382. The van der Waals surface area contributed by atoms with E-state index in [4.69, 9.17) is 9.47 Å². The Bertz CT molecular complexity index is 4310. The molecule has 18 rings (SSSR count). The number of hydrogen-bond donors (Lipinski definition) is 10. The summed E-state index contributed by atoms with van der Waals surface area (Å²) >= 11 is 0. The zero-order valence-corrected chi connectivity index (χ0v) is 72.6. The molecule has 0 amide bonds. The van der Waals surface area contributed by atoms with Gasteiger partial charge in [0.15, 0.2) is 23.0 Å². The Morgan fingerprint density at radius 3 is 1.69 bits per heavy atom. The first-order valence-corrected chi connectivity index (χ1v) is 45.1. The lowest BCUT2D eigenvalue weighted by Gasteiger charge is -2.64. The summed E-state index contributed by atoms with van der Waals surface area (Å²) in [5.41, 5.74) is 7.31. The Morgan fingerprint density at radius 2 is 1.13 bits per heavy atom. The van der Waals surface area contributed by atoms with Crippen LogP contribution in [0.15, 0.2) is 146 Å². The molecule has 6 aromatic carbocycles. The Morgan fingerprint density at radius 1 is 0.568 bits per heavy atom. The van der Waals surface area contributed by atoms with E-state index in [0.29, 0.717) is 65.4 Å². The highest BCUT2D eigenvalue weighted by atomic mass is 16.5. The summed E-state index contributed by atoms with van der Waals surface area (Å²) in [5, 5.41) is 104. The van der Waals surface area contributed by atoms with E-state index in [1.165, 1.54) is 105 Å². The van der Waals surface area contributed by atoms with E-state index in [1.54, 1.807) is 42.5 Å². The van der Waals surface area contributed by atoms with Gasteiger partial charge < -0.3 is 80.1 Å². The summed E-state index contributed by atoms with van der Waals surface area (Å²) in [6.45, 7) is 26.7. The number of hydrogen-bond acceptors (Lipinski definition) is 18. The number of benzene rings is 6. The fourth-order valence-corrected chi connectivity index (χ4v) is 24.1. The highest BCUT2D eigenvalue weighted by Gasteiger charge is 2.73. The van der Waals surface area contributed by atoms with E-state index in [-0.39, 0.29) is 51.6 Å². The summed E-state index contributed by atoms with van der Waals surface area (Å²) in [5.74, 6) is 5.30. The molecule has 6 aromatic rings. The van der Waals surface area contributed by atoms with E-state index in [9.17, 15) is 51.1 Å². The van der Waals surface area contributed by atoms with E-state index < -0.39 is 34.9 Å². The van der Waals surface area contributed by atoms with Crippen molar-refractivity contribution in [2.45, 2.75) is 251 Å². The van der Waals surface area contributed by atoms with Gasteiger partial charge in [-0.15, -0.1) is 6.58 Å². The zero-order valence-electron chi connectivity index (χ0n) is 72.6. The van der Waals surface area contributed by atoms with Crippen LogP contribution in [0.1, 0.15) is 213 Å². The van der Waals surface area contributed by atoms with Gasteiger partial charge in [0.2, 0.25) is 0 Å². The molecule has 0 aromatic heterocycles. The van der Waals surface area contributed by atoms with Gasteiger partial charge in [-0.25, -0.2) is 0 Å². The summed E-state index contributed by atoms with van der Waals surface area (Å²) in [4.78, 5) is 14.4. The molecule has 118 heavy (non-hydrogen) atoms. The maximum atomic E-state index is 12.1. The minimum absolute atomic E-state index is 0.0819. The van der Waals surface area contributed by atoms with Crippen LogP contribution in [-0.4, -0.2) is 230 Å². The van der Waals surface area contributed by atoms with Gasteiger partial charge in [0, 0.05) is 90.6 Å². The molecule has 18 heteroatoms. The van der Waals surface area contributed by atoms with Crippen LogP contribution in [-0.2, 0) is 40.1 Å². The van der Waals surface area contributed by atoms with Crippen molar-refractivity contribution in [3.63, 3.8) is 0 Å². The third-order valence-electron chi connectivity index (χ3n) is 30.4. The van der Waals surface area contributed by atoms with Crippen LogP contribution in [0.5, 0.6) is 46.0 Å². The number of likely N-dealkylation sites (N-methyl/N-ethyl adjacent to an activating group) is 2. The van der Waals surface area contributed by atoms with Gasteiger partial charge in [-0.2, -0.15) is 0 Å². The number of phenols is 6. The molecule has 7 fully saturated rings. The van der Waals surface area contributed by atoms with Crippen molar-refractivity contribution in [3.8, 4) is 46.0 Å². The predicted octanol–water partition coefficient (Wildman–Crippen LogP) is 15.6. The number of likely N-dealkylation sites (tertiary alicyclic amines) is 4. The Kier molecular flexibility index (Phi) is 28.3. The van der Waals surface area contributed by atoms with Crippen molar-refractivity contribution in [1.82, 2.24) is 29.4 Å². The molecule has 4 saturated heterocycles. The Labute approximate surface area is 704 Å². The Hall–Kier alpha value is -7.20. The van der Waals surface area contributed by atoms with Crippen molar-refractivity contribution in [3.05, 3.63) is 191 Å². The lowest BCUT2D eigenvalue weighted by atomic mass is 9.48. The highest BCUT2D eigenvalue weighted by Crippen LogP contribution is 2.67. The highest BCUT2D eigenvalue weighted by molar-refractivity contribution is 5.64. The van der Waals surface area contributed by atoms with Gasteiger partial charge >= 0.3 is 0 Å². The SMILES string of the molecule is C=CCN1CC[C@]23c4c5ccc(O)c4O[C@H]2C(O)C=C[C@H]3[C@H]1C5.CC[C@@H](c1cccc(O)c1)[C@@H](C)CN(C)CC.CC[C@@]1(c2cccc(O)c2)CCCCN(C)C1.CC[C@]1(c2cccc(O)c2)CCCCN(C)C1.CN(C)CC1CCCCC1(O)c1cccc(O)c1.Oc1ccc2c3c1O[C@H]1[C@@H](O)CC[C@@]4(O)[C@@H](C2)N(CC2CCC2)CC[C@]314. The fraction of sp³-hybridized carbons (Fsp3) is 0.600. The number of piperidine rings is 2. The number of ether oxygens (including phenoxy) is 2. The predicted molar refractivity (Wildman–Crippen MR) is 471 cm³/mol. The normalized spacial score (nSPS) is 31.5. The molecule has 18 nitrogen and oxygen atoms in total. The van der Waals surface area contributed by atoms with Crippen LogP contribution >= 0.6 is 0 Å². The smallest absolute Gasteiger partial charge is 0.165 e. The molecule has 3 unspecified atom stereocenters. The summed E-state index contributed by atoms with van der Waals surface area (Å²) < 4.78 is 12.3. The van der Waals surface area contributed by atoms with E-state index >= 15 is 0 Å². The molecule has 6 aliphatic heterocycles. The standard InChI is InChI=1S/C21H27NO4.C19H21NO3.C15H23NO2.2C15H23NO.C15H25NO/c23-14-5-4-13-10-16-21(25)7-6-15(24)19-20(21,17(13)18(14)26-19)8-9-22(16)11-12-2-1-3-12;1-2-8-20-9-7-19-12-4-6-15(22)18(19)23-17-14(21)5-3-11(16(17)19)10-13(12)20;1-16(2)11-13-6-3-4-9-15(13,18)12-7-5-8-14(17)10-12;2*1-3-15(9-4-5-10-16(2)12-15)13-7-6-8-14(17)11-13;1-5-15(12(3)11-16(4)6-2)13-8-7-9-14(17)10-13/h4-5,12,15-16,19,23-25H,1-3,6-11H2;2-6,12-13,15,18,21-22H,1,7-10H2;5,7-8,10,13,17-18H,3-4,6,9,11H2,1-2H3;2*6-8,11,17H,3-5,9-10,12H2,1-2H3;7-10,12,15,17H,5-6,11H2,1-4H3/t15-,16+,19-,20-,21+;12-,13+,15?,18-,19-;;2*15-;12-,15+/m00.100/s1. The number of nitrogens with zero attached hydrogens (tertiary/aromatic N) is 6. The number of aromatic hydroxyl groups is 6. The van der Waals surface area contributed by atoms with Crippen LogP contribution in [0.4, 0.5) is 0 Å². The van der Waals surface area contributed by atoms with E-state index in [0.717, 1.165) is 146 Å². The molecule has 12 aliphatic rings. The van der Waals surface area contributed by atoms with Crippen molar-refractivity contribution in [2.75, 3.05) is 107 Å². The molecule has 644 valence electrons. The maximum Gasteiger partial charge on any atom is 0.165 e. The van der Waals surface area contributed by atoms with Crippen LogP contribution in [0, 0.1) is 23.7 Å². The number of rotatable bonds is 17. The van der Waals surface area contributed by atoms with Gasteiger partial charge in [-0.3, -0.25) is 9.80 Å². The second kappa shape index (κ2) is 37.7. The number of aliphatic hydroxyl groups is 4. The molecular weight excluding hydrogens is 1480 g/mol. The third-order valence-corrected chi connectivity index (χ3v) is 30.4. The van der Waals surface area contributed by atoms with Gasteiger partial charge in [-0.1, -0.05) is 146 Å². The topological polar surface area (TPSA) is 240 Å². The molecule has 3 saturated carbocycles. The van der Waals surface area contributed by atoms with Gasteiger partial charge in [0.05, 0.1) is 22.7 Å². The van der Waals surface area contributed by atoms with E-state index in [1.807, 2.05) is 86.9 Å². The first-order valence-electron chi connectivity index (χ1n) is 45.1. The van der Waals surface area contributed by atoms with Crippen LogP contribution < -0.4 is 9.47 Å². The van der Waals surface area contributed by atoms with Crippen molar-refractivity contribution < 1.29 is 60.5 Å². The van der Waals surface area contributed by atoms with Crippen LogP contribution in [0.25, 0.3) is 0 Å². The lowest BCUT2D eigenvalue weighted by molar-refractivity contribution is -0.209. The molecule has 2 spiro atoms. The lowest BCUT2D eigenvalue weighted by Crippen LogP contribution is -2.77. The third kappa shape index (κ3) is 17.6. The van der Waals surface area contributed by atoms with Crippen LogP contribution in [0.3, 0.4) is 0 Å². The fourth-order valence-electron chi connectivity index (χ4n) is 24.1. The van der Waals surface area contributed by atoms with Crippen molar-refractivity contribution >= 4 is 0 Å². The number of phenolic OH excluding ortho intramolecular Hbond substituents is 6. The Balaban J connectivity index is 0.000000124. The zero-order chi connectivity index (χ0) is 84.1. The van der Waals surface area contributed by atoms with Crippen molar-refractivity contribution in [1.29, 1.82) is 0 Å². The van der Waals surface area contributed by atoms with Gasteiger partial charge in [0.1, 0.15) is 41.3 Å². The molecular formula is C100H142N6O12. The second-order valence-electron chi connectivity index (χ2n) is 37.9. The average molecular weight is 1620 g/mol. The molecule has 6 heterocycles. The largest absolute Gasteiger partial charge is 0.508 e. The van der Waals surface area contributed by atoms with Crippen LogP contribution in [0.2, 0.25) is 0 Å². The van der Waals surface area contributed by atoms with Gasteiger partial charge in [-0.05, 0) is 289 Å². The van der Waals surface area contributed by atoms with E-state index in [2.05, 4.69) is 116 Å². The summed E-state index contributed by atoms with van der Waals surface area (Å²) in [7, 11) is 10.7. The second-order valence-corrected chi connectivity index (χ2v) is 37.9. The molecule has 10 N–H and O–H groups in total. The van der Waals surface area contributed by atoms with Crippen molar-refractivity contribution in [2.24, 2.45) is 23.7 Å². The molecule has 16 atom stereocenters. The maximum absolute atomic E-state index is 12.1.